The molecule has 16 heavy (non-hydrogen) atoms. The maximum atomic E-state index is 5.19. The van der Waals surface area contributed by atoms with E-state index in [0.29, 0.717) is 11.0 Å². The molecule has 2 nitrogen and oxygen atoms in total. The van der Waals surface area contributed by atoms with E-state index in [2.05, 4.69) is 31.4 Å². The molecule has 0 aliphatic heterocycles. The van der Waals surface area contributed by atoms with Crippen LogP contribution >= 0.6 is 24.8 Å². The van der Waals surface area contributed by atoms with Crippen molar-refractivity contribution < 1.29 is 35.7 Å². The van der Waals surface area contributed by atoms with Crippen LogP contribution in [0.4, 0.5) is 0 Å². The molecule has 0 aliphatic carbocycles. The van der Waals surface area contributed by atoms with Gasteiger partial charge in [-0.1, -0.05) is 39.3 Å². The Balaban J connectivity index is -0.000000980. The second kappa shape index (κ2) is 14.3. The number of hydrogen-bond donors (Lipinski definition) is 1. The van der Waals surface area contributed by atoms with Gasteiger partial charge in [-0.2, -0.15) is 0 Å². The molecule has 0 bridgehead atoms. The van der Waals surface area contributed by atoms with Gasteiger partial charge in [0.15, 0.2) is 0 Å². The van der Waals surface area contributed by atoms with Crippen LogP contribution in [-0.4, -0.2) is 35.5 Å². The minimum atomic E-state index is 0. The van der Waals surface area contributed by atoms with Gasteiger partial charge in [0.2, 0.25) is 4.38 Å². The Morgan fingerprint density at radius 2 is 1.69 bits per heavy atom. The van der Waals surface area contributed by atoms with E-state index in [-0.39, 0.29) is 31.0 Å². The van der Waals surface area contributed by atoms with E-state index in [1.54, 1.807) is 0 Å². The fraction of sp³-hybridized carbons (Fsp3) is 0.909. The van der Waals surface area contributed by atoms with Crippen molar-refractivity contribution in [1.82, 2.24) is 4.90 Å². The third kappa shape index (κ3) is 13.3. The smallest absolute Gasteiger partial charge is 1.00 e. The van der Waals surface area contributed by atoms with Crippen LogP contribution < -0.4 is 29.6 Å². The van der Waals surface area contributed by atoms with Gasteiger partial charge in [0.05, 0.1) is 0 Å². The first-order chi connectivity index (χ1) is 7.20. The Labute approximate surface area is 135 Å². The Morgan fingerprint density at radius 1 is 1.19 bits per heavy atom. The summed E-state index contributed by atoms with van der Waals surface area (Å²) < 4.78 is 5.53. The maximum absolute atomic E-state index is 5.19. The number of hydrogen-bond acceptors (Lipinski definition) is 3. The monoisotopic (exact) mass is 273 g/mol. The van der Waals surface area contributed by atoms with E-state index in [9.17, 15) is 0 Å². The van der Waals surface area contributed by atoms with Gasteiger partial charge in [0.25, 0.3) is 0 Å². The largest absolute Gasteiger partial charge is 1.00 e. The summed E-state index contributed by atoms with van der Waals surface area (Å²) in [5, 5.41) is 0. The summed E-state index contributed by atoms with van der Waals surface area (Å²) in [6.07, 6.45) is 5.01. The molecule has 0 atom stereocenters. The van der Waals surface area contributed by atoms with Gasteiger partial charge in [0, 0.05) is 6.54 Å². The Bertz CT molecular complexity index is 168. The summed E-state index contributed by atoms with van der Waals surface area (Å²) >= 11 is 8.68. The molecule has 92 valence electrons. The molecule has 0 saturated heterocycles. The molecule has 0 aromatic heterocycles. The molecular formula is C11H24NNaOS2. The van der Waals surface area contributed by atoms with Gasteiger partial charge >= 0.3 is 29.6 Å². The number of thiol groups is 1. The number of ether oxygens (including phenoxy) is 1. The molecule has 0 N–H and O–H groups in total. The van der Waals surface area contributed by atoms with Crippen molar-refractivity contribution in [3.8, 4) is 0 Å². The molecule has 0 aliphatic rings. The summed E-state index contributed by atoms with van der Waals surface area (Å²) in [7, 11) is 0. The normalized spacial score (nSPS) is 10.0. The van der Waals surface area contributed by atoms with Crippen molar-refractivity contribution in [3.05, 3.63) is 0 Å². The zero-order valence-electron chi connectivity index (χ0n) is 11.9. The van der Waals surface area contributed by atoms with Gasteiger partial charge in [-0.15, -0.1) is 0 Å². The van der Waals surface area contributed by atoms with Crippen LogP contribution in [0.15, 0.2) is 0 Å². The number of rotatable bonds is 9. The van der Waals surface area contributed by atoms with Crippen LogP contribution in [0.2, 0.25) is 0 Å². The molecule has 0 saturated carbocycles. The van der Waals surface area contributed by atoms with Gasteiger partial charge in [-0.05, 0) is 38.1 Å². The predicted octanol–water partition coefficient (Wildman–Crippen LogP) is 0.236. The zero-order chi connectivity index (χ0) is 11.5. The molecule has 0 heterocycles. The van der Waals surface area contributed by atoms with E-state index in [1.165, 1.54) is 38.8 Å². The van der Waals surface area contributed by atoms with Crippen molar-refractivity contribution in [2.45, 2.75) is 39.5 Å². The second-order valence-corrected chi connectivity index (χ2v) is 4.74. The summed E-state index contributed by atoms with van der Waals surface area (Å²) in [6.45, 7) is 8.39. The van der Waals surface area contributed by atoms with Crippen LogP contribution in [0, 0.1) is 0 Å². The molecule has 0 spiro atoms. The topological polar surface area (TPSA) is 12.5 Å². The molecule has 0 fully saturated rings. The fourth-order valence-corrected chi connectivity index (χ4v) is 1.54. The van der Waals surface area contributed by atoms with Crippen LogP contribution in [0.3, 0.4) is 0 Å². The van der Waals surface area contributed by atoms with E-state index < -0.39 is 0 Å². The van der Waals surface area contributed by atoms with Crippen LogP contribution in [0.1, 0.15) is 41.0 Å². The third-order valence-corrected chi connectivity index (χ3v) is 2.54. The van der Waals surface area contributed by atoms with Gasteiger partial charge in [-0.25, -0.2) is 0 Å². The first kappa shape index (κ1) is 19.5. The molecule has 0 aromatic carbocycles. The first-order valence-corrected chi connectivity index (χ1v) is 6.64. The minimum Gasteiger partial charge on any atom is -1.00 e. The van der Waals surface area contributed by atoms with Gasteiger partial charge in [-0.3, -0.25) is 4.90 Å². The molecule has 0 unspecified atom stereocenters. The van der Waals surface area contributed by atoms with Gasteiger partial charge < -0.3 is 6.16 Å². The summed E-state index contributed by atoms with van der Waals surface area (Å²) in [5.74, 6) is 0. The first-order valence-electron chi connectivity index (χ1n) is 5.78. The van der Waals surface area contributed by atoms with Crippen molar-refractivity contribution in [2.24, 2.45) is 0 Å². The molecule has 5 heteroatoms. The quantitative estimate of drug-likeness (QED) is 0.367. The second-order valence-electron chi connectivity index (χ2n) is 3.66. The minimum absolute atomic E-state index is 0. The van der Waals surface area contributed by atoms with E-state index >= 15 is 0 Å². The maximum Gasteiger partial charge on any atom is 1.00 e. The van der Waals surface area contributed by atoms with Crippen molar-refractivity contribution in [2.75, 3.05) is 26.2 Å². The number of nitrogens with zero attached hydrogens (tertiary/aromatic N) is 1. The molecule has 0 radical (unpaired) electrons. The Hall–Kier alpha value is 1.20. The Kier molecular flexibility index (Phi) is 17.4. The average Bonchev–Trinajstić information content (AvgIpc) is 2.20. The number of unbranched alkanes of at least 4 members (excludes halogenated alkanes) is 2. The standard InChI is InChI=1S/C11H23NOS2.Na.H/c1-3-5-7-12(8-6-4-2)9-10-13-11(14)15;;/h3-10H2,1-2H3,(H,14,15);;/q;+1;-1. The van der Waals surface area contributed by atoms with Crippen LogP contribution in [-0.2, 0) is 4.74 Å². The van der Waals surface area contributed by atoms with E-state index in [1.807, 2.05) is 0 Å². The average molecular weight is 273 g/mol. The summed E-state index contributed by atoms with van der Waals surface area (Å²) in [6, 6.07) is 0. The van der Waals surface area contributed by atoms with Crippen LogP contribution in [0.25, 0.3) is 0 Å². The fourth-order valence-electron chi connectivity index (χ4n) is 1.36. The van der Waals surface area contributed by atoms with Crippen LogP contribution in [0.5, 0.6) is 0 Å². The van der Waals surface area contributed by atoms with Crippen molar-refractivity contribution in [1.29, 1.82) is 0 Å². The van der Waals surface area contributed by atoms with E-state index in [4.69, 9.17) is 17.0 Å². The zero-order valence-corrected chi connectivity index (χ0v) is 14.6. The Morgan fingerprint density at radius 3 is 2.06 bits per heavy atom. The third-order valence-electron chi connectivity index (χ3n) is 2.29. The molecule has 0 amide bonds. The predicted molar refractivity (Wildman–Crippen MR) is 74.9 cm³/mol. The molecule has 0 rings (SSSR count). The van der Waals surface area contributed by atoms with Gasteiger partial charge in [0.1, 0.15) is 6.61 Å². The number of thiocarbonyl (C=S) groups is 1. The summed E-state index contributed by atoms with van der Waals surface area (Å²) in [5.41, 5.74) is 0. The molecular weight excluding hydrogens is 249 g/mol. The summed E-state index contributed by atoms with van der Waals surface area (Å²) in [4.78, 5) is 2.44. The van der Waals surface area contributed by atoms with E-state index in [0.717, 1.165) is 6.54 Å². The van der Waals surface area contributed by atoms with Crippen molar-refractivity contribution >= 4 is 29.2 Å². The SMILES string of the molecule is CCCCN(CCCC)CCOC(=S)S.[H-].[Na+]. The van der Waals surface area contributed by atoms with Crippen molar-refractivity contribution in [3.63, 3.8) is 0 Å². The molecule has 0 aromatic rings.